The molecule has 4 heterocycles. The van der Waals surface area contributed by atoms with Gasteiger partial charge < -0.3 is 21.4 Å². The number of hydrogen-bond acceptors (Lipinski definition) is 11. The minimum atomic E-state index is -1.67. The number of nitrogens with one attached hydrogen (secondary N) is 2. The molecule has 0 spiro atoms. The van der Waals surface area contributed by atoms with E-state index in [9.17, 15) is 0 Å². The van der Waals surface area contributed by atoms with E-state index in [1.807, 2.05) is 12.1 Å². The highest BCUT2D eigenvalue weighted by Crippen LogP contribution is 2.33. The van der Waals surface area contributed by atoms with Gasteiger partial charge in [0.15, 0.2) is 16.8 Å². The zero-order valence-corrected chi connectivity index (χ0v) is 30.3. The van der Waals surface area contributed by atoms with Gasteiger partial charge in [0, 0.05) is 21.4 Å². The van der Waals surface area contributed by atoms with Crippen LogP contribution in [-0.2, 0) is 9.23 Å². The van der Waals surface area contributed by atoms with Gasteiger partial charge in [-0.15, -0.1) is 45.3 Å². The van der Waals surface area contributed by atoms with Crippen LogP contribution in [0.4, 0.5) is 11.4 Å². The number of rotatable bonds is 0. The topological polar surface area (TPSA) is 126 Å². The van der Waals surface area contributed by atoms with E-state index in [1.165, 1.54) is 44.2 Å². The van der Waals surface area contributed by atoms with E-state index in [1.54, 1.807) is 22.7 Å². The Labute approximate surface area is 294 Å². The van der Waals surface area contributed by atoms with Crippen LogP contribution in [0.5, 0.6) is 0 Å². The number of H-pyrrole nitrogens is 2. The minimum Gasteiger partial charge on any atom is -0.397 e. The molecule has 3 aromatic carbocycles. The van der Waals surface area contributed by atoms with Crippen molar-refractivity contribution in [3.05, 3.63) is 63.3 Å². The first kappa shape index (κ1) is 34.0. The average molecular weight is 814 g/mol. The number of nitrogens with zero attached hydrogens (tertiary/aromatic N) is 2. The highest BCUT2D eigenvalue weighted by Gasteiger charge is 2.07. The van der Waals surface area contributed by atoms with Gasteiger partial charge in [0.2, 0.25) is 9.23 Å². The van der Waals surface area contributed by atoms with E-state index >= 15 is 0 Å². The molecule has 220 valence electrons. The van der Waals surface area contributed by atoms with Crippen molar-refractivity contribution in [2.75, 3.05) is 11.5 Å². The summed E-state index contributed by atoms with van der Waals surface area (Å²) in [6.45, 7) is 0. The Morgan fingerprint density at radius 1 is 0.643 bits per heavy atom. The highest BCUT2D eigenvalue weighted by atomic mass is 36.0. The Morgan fingerprint density at radius 2 is 1.05 bits per heavy atom. The maximum atomic E-state index is 9.09. The predicted molar refractivity (Wildman–Crippen MR) is 196 cm³/mol. The molecule has 0 aliphatic carbocycles. The molecule has 0 aliphatic heterocycles. The van der Waals surface area contributed by atoms with Gasteiger partial charge in [-0.25, -0.2) is 14.2 Å². The molecular weight excluding hydrogens is 801 g/mol. The van der Waals surface area contributed by atoms with Crippen molar-refractivity contribution in [3.63, 3.8) is 0 Å². The van der Waals surface area contributed by atoms with E-state index in [-0.39, 0.29) is 0 Å². The Hall–Kier alpha value is -0.850. The number of nitrogen functional groups attached to an aromatic ring is 2. The minimum absolute atomic E-state index is 0.430. The Morgan fingerprint density at radius 3 is 1.45 bits per heavy atom. The first-order valence-corrected chi connectivity index (χ1v) is 19.1. The van der Waals surface area contributed by atoms with Crippen molar-refractivity contribution in [2.24, 2.45) is 0 Å². The number of anilines is 2. The van der Waals surface area contributed by atoms with Gasteiger partial charge in [-0.2, -0.15) is 0 Å². The summed E-state index contributed by atoms with van der Waals surface area (Å²) < 4.78 is 16.4. The standard InChI is InChI=1S/C8H2Cl2N2S2.C8H4N2S4.C6H6Cl2N2.Cl2OS/c9-7-11-3-1-4-6(2-5(3)13-7)14-8(10)12-4;11-7-9-3-1-4-6(2-5(3)13-7)14-8(12)10-4;7-3-1-4(8)6(10)2-5(3)9;1-4(2)3/h1-2H;1-2H,(H,9,11)(H,10,12);1-2H,9-10H2;. The summed E-state index contributed by atoms with van der Waals surface area (Å²) in [7, 11) is 7.36. The molecular formula is C22H12Cl6N6OS7. The number of aromatic nitrogens is 4. The smallest absolute Gasteiger partial charge is 0.211 e. The second-order valence-corrected chi connectivity index (χ2v) is 17.7. The number of benzene rings is 3. The van der Waals surface area contributed by atoms with Crippen molar-refractivity contribution in [1.82, 2.24) is 19.9 Å². The molecule has 42 heavy (non-hydrogen) atoms. The van der Waals surface area contributed by atoms with Crippen LogP contribution in [0.25, 0.3) is 40.9 Å². The van der Waals surface area contributed by atoms with Gasteiger partial charge in [0.25, 0.3) is 0 Å². The number of aromatic amines is 2. The second-order valence-electron chi connectivity index (χ2n) is 7.67. The van der Waals surface area contributed by atoms with Crippen LogP contribution in [0.3, 0.4) is 0 Å². The van der Waals surface area contributed by atoms with Crippen LogP contribution in [0.15, 0.2) is 36.4 Å². The monoisotopic (exact) mass is 810 g/mol. The molecule has 4 aromatic heterocycles. The molecule has 0 radical (unpaired) electrons. The van der Waals surface area contributed by atoms with Gasteiger partial charge in [-0.05, 0) is 60.8 Å². The third kappa shape index (κ3) is 9.10. The van der Waals surface area contributed by atoms with Gasteiger partial charge in [0.05, 0.1) is 62.3 Å². The normalized spacial score (nSPS) is 10.8. The zero-order valence-electron chi connectivity index (χ0n) is 20.0. The van der Waals surface area contributed by atoms with Gasteiger partial charge in [0.1, 0.15) is 0 Å². The summed E-state index contributed by atoms with van der Waals surface area (Å²) >= 11 is 39.2. The summed E-state index contributed by atoms with van der Waals surface area (Å²) in [6, 6.07) is 11.2. The van der Waals surface area contributed by atoms with Gasteiger partial charge >= 0.3 is 0 Å². The third-order valence-electron chi connectivity index (χ3n) is 4.92. The number of halogens is 6. The SMILES string of the molecule is Clc1nc2cc3nc(Cl)sc3cc2s1.Nc1cc(N)c(Cl)cc1Cl.O=S(Cl)Cl.S=c1[nH]c2cc3[nH]c(=S)sc3cc2s1. The lowest BCUT2D eigenvalue weighted by Crippen LogP contribution is -1.91. The fourth-order valence-corrected chi connectivity index (χ4v) is 8.18. The molecule has 0 unspecified atom stereocenters. The summed E-state index contributed by atoms with van der Waals surface area (Å²) in [4.78, 5) is 14.6. The quantitative estimate of drug-likeness (QED) is 0.0682. The average Bonchev–Trinajstić information content (AvgIpc) is 3.62. The second kappa shape index (κ2) is 15.0. The summed E-state index contributed by atoms with van der Waals surface area (Å²) in [6.07, 6.45) is 0. The maximum Gasteiger partial charge on any atom is 0.211 e. The van der Waals surface area contributed by atoms with E-state index in [4.69, 9.17) is 86.5 Å². The van der Waals surface area contributed by atoms with Crippen molar-refractivity contribution < 1.29 is 4.21 Å². The molecule has 20 heteroatoms. The molecule has 7 rings (SSSR count). The largest absolute Gasteiger partial charge is 0.397 e. The van der Waals surface area contributed by atoms with E-state index in [2.05, 4.69) is 53.4 Å². The molecule has 0 saturated heterocycles. The van der Waals surface area contributed by atoms with E-state index < -0.39 is 9.23 Å². The molecule has 0 amide bonds. The van der Waals surface area contributed by atoms with E-state index in [0.717, 1.165) is 39.4 Å². The first-order valence-electron chi connectivity index (χ1n) is 10.7. The lowest BCUT2D eigenvalue weighted by molar-refractivity contribution is 0.698. The molecule has 0 atom stereocenters. The highest BCUT2D eigenvalue weighted by molar-refractivity contribution is 8.26. The predicted octanol–water partition coefficient (Wildman–Crippen LogP) is 11.6. The maximum absolute atomic E-state index is 9.09. The Balaban J connectivity index is 0.000000138. The Bertz CT molecular complexity index is 1910. The first-order chi connectivity index (χ1) is 19.8. The molecule has 0 bridgehead atoms. The van der Waals surface area contributed by atoms with Crippen LogP contribution >= 0.6 is 138 Å². The summed E-state index contributed by atoms with van der Waals surface area (Å²) in [5.74, 6) is 0. The lowest BCUT2D eigenvalue weighted by atomic mass is 10.3. The van der Waals surface area contributed by atoms with Crippen molar-refractivity contribution in [2.45, 2.75) is 0 Å². The van der Waals surface area contributed by atoms with Crippen LogP contribution < -0.4 is 11.5 Å². The molecule has 7 aromatic rings. The lowest BCUT2D eigenvalue weighted by Gasteiger charge is -2.00. The van der Waals surface area contributed by atoms with Gasteiger partial charge in [-0.3, -0.25) is 0 Å². The third-order valence-corrected chi connectivity index (χ3v) is 10.2. The zero-order chi connectivity index (χ0) is 30.7. The van der Waals surface area contributed by atoms with Gasteiger partial charge in [-0.1, -0.05) is 46.4 Å². The van der Waals surface area contributed by atoms with Crippen LogP contribution in [0.1, 0.15) is 0 Å². The molecule has 6 N–H and O–H groups in total. The van der Waals surface area contributed by atoms with Crippen LogP contribution in [-0.4, -0.2) is 24.1 Å². The number of fused-ring (bicyclic) bond motifs is 4. The number of thiazole rings is 4. The molecule has 0 aliphatic rings. The fourth-order valence-electron chi connectivity index (χ4n) is 3.27. The Kier molecular flexibility index (Phi) is 12.1. The fraction of sp³-hybridized carbons (Fsp3) is 0. The molecule has 7 nitrogen and oxygen atoms in total. The van der Waals surface area contributed by atoms with Crippen molar-refractivity contribution in [3.8, 4) is 0 Å². The van der Waals surface area contributed by atoms with Crippen LogP contribution in [0.2, 0.25) is 19.0 Å². The number of nitrogens with two attached hydrogens (primary N) is 2. The van der Waals surface area contributed by atoms with Crippen LogP contribution in [0, 0.1) is 7.91 Å². The van der Waals surface area contributed by atoms with E-state index in [0.29, 0.717) is 30.4 Å². The molecule has 0 fully saturated rings. The summed E-state index contributed by atoms with van der Waals surface area (Å²) in [5.41, 5.74) is 15.7. The number of hydrogen-bond donors (Lipinski definition) is 4. The van der Waals surface area contributed by atoms with Crippen molar-refractivity contribution >= 4 is 199 Å². The molecule has 0 saturated carbocycles. The summed E-state index contributed by atoms with van der Waals surface area (Å²) in [5, 5.41) is 0.860. The van der Waals surface area contributed by atoms with Crippen molar-refractivity contribution in [1.29, 1.82) is 0 Å².